The highest BCUT2D eigenvalue weighted by Gasteiger charge is 2.22. The van der Waals surface area contributed by atoms with Gasteiger partial charge in [0.1, 0.15) is 5.82 Å². The zero-order chi connectivity index (χ0) is 17.5. The van der Waals surface area contributed by atoms with Gasteiger partial charge in [-0.3, -0.25) is 19.1 Å². The molecule has 0 atom stereocenters. The van der Waals surface area contributed by atoms with Gasteiger partial charge in [0.15, 0.2) is 5.69 Å². The number of carbonyl (C=O) groups is 3. The number of carbonyl (C=O) groups excluding carboxylic acids is 3. The maximum absolute atomic E-state index is 12.3. The van der Waals surface area contributed by atoms with E-state index in [0.29, 0.717) is 12.4 Å². The van der Waals surface area contributed by atoms with E-state index in [9.17, 15) is 14.4 Å². The lowest BCUT2D eigenvalue weighted by Crippen LogP contribution is -2.36. The molecule has 1 aliphatic rings. The largest absolute Gasteiger partial charge is 0.355 e. The number of hydrogen-bond acceptors (Lipinski definition) is 4. The summed E-state index contributed by atoms with van der Waals surface area (Å²) >= 11 is 0. The van der Waals surface area contributed by atoms with Crippen LogP contribution in [0.15, 0.2) is 6.07 Å². The Kier molecular flexibility index (Phi) is 6.34. The molecule has 0 bridgehead atoms. The van der Waals surface area contributed by atoms with Crippen molar-refractivity contribution in [3.8, 4) is 0 Å². The van der Waals surface area contributed by atoms with Crippen LogP contribution in [0.4, 0.5) is 5.82 Å². The van der Waals surface area contributed by atoms with Crippen LogP contribution in [0.5, 0.6) is 0 Å². The summed E-state index contributed by atoms with van der Waals surface area (Å²) in [6.45, 7) is 2.21. The quantitative estimate of drug-likeness (QED) is 0.715. The molecule has 1 aromatic heterocycles. The minimum absolute atomic E-state index is 0.0213. The number of amides is 3. The SMILES string of the molecule is CCNC(=O)CNC(=O)c1cc(NC(=O)C2CCCCC2)n(C)n1. The van der Waals surface area contributed by atoms with E-state index < -0.39 is 5.91 Å². The molecule has 0 radical (unpaired) electrons. The van der Waals surface area contributed by atoms with Gasteiger partial charge in [-0.05, 0) is 19.8 Å². The zero-order valence-corrected chi connectivity index (χ0v) is 14.2. The van der Waals surface area contributed by atoms with E-state index in [1.165, 1.54) is 17.2 Å². The first-order chi connectivity index (χ1) is 11.5. The Balaban J connectivity index is 1.92. The van der Waals surface area contributed by atoms with Crippen LogP contribution in [0, 0.1) is 5.92 Å². The summed E-state index contributed by atoms with van der Waals surface area (Å²) in [7, 11) is 1.66. The van der Waals surface area contributed by atoms with Gasteiger partial charge in [0, 0.05) is 25.6 Å². The van der Waals surface area contributed by atoms with Crippen molar-refractivity contribution >= 4 is 23.5 Å². The third kappa shape index (κ3) is 4.81. The molecule has 3 N–H and O–H groups in total. The van der Waals surface area contributed by atoms with E-state index in [1.807, 2.05) is 0 Å². The lowest BCUT2D eigenvalue weighted by Gasteiger charge is -2.20. The molecule has 0 aliphatic heterocycles. The van der Waals surface area contributed by atoms with Crippen molar-refractivity contribution in [3.05, 3.63) is 11.8 Å². The first kappa shape index (κ1) is 18.0. The maximum atomic E-state index is 12.3. The second-order valence-electron chi connectivity index (χ2n) is 6.00. The smallest absolute Gasteiger partial charge is 0.272 e. The molecule has 132 valence electrons. The van der Waals surface area contributed by atoms with Gasteiger partial charge in [-0.1, -0.05) is 19.3 Å². The summed E-state index contributed by atoms with van der Waals surface area (Å²) in [6.07, 6.45) is 5.16. The van der Waals surface area contributed by atoms with Crippen molar-refractivity contribution in [2.24, 2.45) is 13.0 Å². The fourth-order valence-electron chi connectivity index (χ4n) is 2.80. The molecule has 1 heterocycles. The van der Waals surface area contributed by atoms with Crippen LogP contribution >= 0.6 is 0 Å². The second kappa shape index (κ2) is 8.47. The lowest BCUT2D eigenvalue weighted by atomic mass is 9.89. The summed E-state index contributed by atoms with van der Waals surface area (Å²) in [4.78, 5) is 35.7. The van der Waals surface area contributed by atoms with E-state index in [4.69, 9.17) is 0 Å². The lowest BCUT2D eigenvalue weighted by molar-refractivity contribution is -0.121. The second-order valence-corrected chi connectivity index (χ2v) is 6.00. The first-order valence-corrected chi connectivity index (χ1v) is 8.41. The summed E-state index contributed by atoms with van der Waals surface area (Å²) in [6, 6.07) is 1.52. The zero-order valence-electron chi connectivity index (χ0n) is 14.2. The van der Waals surface area contributed by atoms with E-state index in [-0.39, 0.29) is 30.0 Å². The van der Waals surface area contributed by atoms with E-state index in [0.717, 1.165) is 25.7 Å². The Morgan fingerprint density at radius 1 is 1.21 bits per heavy atom. The van der Waals surface area contributed by atoms with Crippen molar-refractivity contribution in [1.82, 2.24) is 20.4 Å². The van der Waals surface area contributed by atoms with E-state index >= 15 is 0 Å². The third-order valence-corrected chi connectivity index (χ3v) is 4.12. The Labute approximate surface area is 141 Å². The van der Waals surface area contributed by atoms with E-state index in [1.54, 1.807) is 14.0 Å². The molecule has 1 saturated carbocycles. The number of hydrogen-bond donors (Lipinski definition) is 3. The van der Waals surface area contributed by atoms with Gasteiger partial charge in [0.05, 0.1) is 6.54 Å². The molecule has 1 aromatic rings. The summed E-state index contributed by atoms with van der Waals surface area (Å²) in [5, 5.41) is 12.0. The molecule has 0 spiro atoms. The van der Waals surface area contributed by atoms with Gasteiger partial charge in [0.25, 0.3) is 5.91 Å². The number of nitrogens with zero attached hydrogens (tertiary/aromatic N) is 2. The molecule has 3 amide bonds. The highest BCUT2D eigenvalue weighted by molar-refractivity contribution is 5.97. The predicted molar refractivity (Wildman–Crippen MR) is 89.4 cm³/mol. The molecular weight excluding hydrogens is 310 g/mol. The molecule has 2 rings (SSSR count). The van der Waals surface area contributed by atoms with Gasteiger partial charge in [-0.15, -0.1) is 0 Å². The third-order valence-electron chi connectivity index (χ3n) is 4.12. The predicted octanol–water partition coefficient (Wildman–Crippen LogP) is 0.805. The fourth-order valence-corrected chi connectivity index (χ4v) is 2.80. The maximum Gasteiger partial charge on any atom is 0.272 e. The molecule has 1 aliphatic carbocycles. The van der Waals surface area contributed by atoms with Crippen LogP contribution in [0.25, 0.3) is 0 Å². The van der Waals surface area contributed by atoms with Crippen molar-refractivity contribution in [2.45, 2.75) is 39.0 Å². The standard InChI is InChI=1S/C16H25N5O3/c1-3-17-14(22)10-18-16(24)12-9-13(21(2)20-12)19-15(23)11-7-5-4-6-8-11/h9,11H,3-8,10H2,1-2H3,(H,17,22)(H,18,24)(H,19,23). The van der Waals surface area contributed by atoms with Gasteiger partial charge in [0.2, 0.25) is 11.8 Å². The number of likely N-dealkylation sites (N-methyl/N-ethyl adjacent to an activating group) is 1. The number of aryl methyl sites for hydroxylation is 1. The molecule has 8 heteroatoms. The van der Waals surface area contributed by atoms with Gasteiger partial charge < -0.3 is 16.0 Å². The van der Waals surface area contributed by atoms with Crippen molar-refractivity contribution < 1.29 is 14.4 Å². The number of nitrogens with one attached hydrogen (secondary N) is 3. The monoisotopic (exact) mass is 335 g/mol. The Morgan fingerprint density at radius 2 is 1.92 bits per heavy atom. The first-order valence-electron chi connectivity index (χ1n) is 8.41. The average Bonchev–Trinajstić information content (AvgIpc) is 2.94. The average molecular weight is 335 g/mol. The molecule has 24 heavy (non-hydrogen) atoms. The minimum atomic E-state index is -0.449. The Bertz CT molecular complexity index is 605. The van der Waals surface area contributed by atoms with Crippen LogP contribution in [-0.2, 0) is 16.6 Å². The fraction of sp³-hybridized carbons (Fsp3) is 0.625. The van der Waals surface area contributed by atoms with Gasteiger partial charge in [-0.25, -0.2) is 0 Å². The normalized spacial score (nSPS) is 14.9. The van der Waals surface area contributed by atoms with Gasteiger partial charge >= 0.3 is 0 Å². The number of rotatable bonds is 6. The Hall–Kier alpha value is -2.38. The van der Waals surface area contributed by atoms with Crippen molar-refractivity contribution in [2.75, 3.05) is 18.4 Å². The van der Waals surface area contributed by atoms with Crippen molar-refractivity contribution in [1.29, 1.82) is 0 Å². The van der Waals surface area contributed by atoms with Gasteiger partial charge in [-0.2, -0.15) is 5.10 Å². The van der Waals surface area contributed by atoms with Crippen molar-refractivity contribution in [3.63, 3.8) is 0 Å². The Morgan fingerprint density at radius 3 is 2.58 bits per heavy atom. The molecule has 1 fully saturated rings. The van der Waals surface area contributed by atoms with Crippen LogP contribution in [0.1, 0.15) is 49.5 Å². The van der Waals surface area contributed by atoms with Crippen LogP contribution in [-0.4, -0.2) is 40.6 Å². The number of anilines is 1. The highest BCUT2D eigenvalue weighted by Crippen LogP contribution is 2.25. The van der Waals surface area contributed by atoms with Crippen LogP contribution in [0.2, 0.25) is 0 Å². The molecule has 0 saturated heterocycles. The summed E-state index contributed by atoms with van der Waals surface area (Å²) < 4.78 is 1.46. The summed E-state index contributed by atoms with van der Waals surface area (Å²) in [5.41, 5.74) is 0.167. The molecule has 0 unspecified atom stereocenters. The molecule has 0 aromatic carbocycles. The highest BCUT2D eigenvalue weighted by atomic mass is 16.2. The minimum Gasteiger partial charge on any atom is -0.355 e. The number of aromatic nitrogens is 2. The van der Waals surface area contributed by atoms with E-state index in [2.05, 4.69) is 21.0 Å². The molecular formula is C16H25N5O3. The van der Waals surface area contributed by atoms with Crippen LogP contribution in [0.3, 0.4) is 0 Å². The topological polar surface area (TPSA) is 105 Å². The summed E-state index contributed by atoms with van der Waals surface area (Å²) in [5.74, 6) is -0.216. The molecule has 8 nitrogen and oxygen atoms in total. The van der Waals surface area contributed by atoms with Crippen LogP contribution < -0.4 is 16.0 Å².